The highest BCUT2D eigenvalue weighted by atomic mass is 35.5. The van der Waals surface area contributed by atoms with E-state index < -0.39 is 5.97 Å². The van der Waals surface area contributed by atoms with Gasteiger partial charge in [0.1, 0.15) is 11.3 Å². The maximum atomic E-state index is 10.9. The lowest BCUT2D eigenvalue weighted by Gasteiger charge is -2.06. The second-order valence-corrected chi connectivity index (χ2v) is 4.57. The molecule has 0 heterocycles. The number of aromatic carboxylic acids is 1. The number of halogens is 2. The Labute approximate surface area is 113 Å². The first kappa shape index (κ1) is 12.7. The zero-order valence-corrected chi connectivity index (χ0v) is 10.5. The fourth-order valence-electron chi connectivity index (χ4n) is 1.61. The smallest absolute Gasteiger partial charge is 0.339 e. The van der Waals surface area contributed by atoms with Crippen LogP contribution in [0, 0.1) is 0 Å². The molecule has 5 heteroatoms. The van der Waals surface area contributed by atoms with Gasteiger partial charge in [-0.25, -0.2) is 4.79 Å². The van der Waals surface area contributed by atoms with Crippen LogP contribution in [0.15, 0.2) is 36.4 Å². The molecule has 2 aromatic carbocycles. The second kappa shape index (κ2) is 4.88. The minimum Gasteiger partial charge on any atom is -0.507 e. The topological polar surface area (TPSA) is 57.5 Å². The first-order chi connectivity index (χ1) is 8.47. The lowest BCUT2D eigenvalue weighted by molar-refractivity contribution is 0.0694. The summed E-state index contributed by atoms with van der Waals surface area (Å²) in [6, 6.07) is 9.24. The van der Waals surface area contributed by atoms with Crippen molar-refractivity contribution < 1.29 is 15.0 Å². The second-order valence-electron chi connectivity index (χ2n) is 3.70. The third-order valence-electron chi connectivity index (χ3n) is 2.42. The van der Waals surface area contributed by atoms with E-state index in [4.69, 9.17) is 28.3 Å². The number of carboxylic acids is 1. The average Bonchev–Trinajstić information content (AvgIpc) is 2.27. The summed E-state index contributed by atoms with van der Waals surface area (Å²) < 4.78 is 0. The Hall–Kier alpha value is -1.71. The first-order valence-corrected chi connectivity index (χ1v) is 5.76. The van der Waals surface area contributed by atoms with Gasteiger partial charge in [-0.2, -0.15) is 0 Å². The van der Waals surface area contributed by atoms with Crippen LogP contribution in [0.25, 0.3) is 11.1 Å². The Balaban J connectivity index is 2.57. The first-order valence-electron chi connectivity index (χ1n) is 5.00. The number of benzene rings is 2. The molecule has 0 saturated carbocycles. The number of aromatic hydroxyl groups is 1. The summed E-state index contributed by atoms with van der Waals surface area (Å²) in [7, 11) is 0. The van der Waals surface area contributed by atoms with E-state index in [0.29, 0.717) is 21.2 Å². The number of phenols is 1. The predicted octanol–water partition coefficient (Wildman–Crippen LogP) is 4.06. The molecule has 0 unspecified atom stereocenters. The molecule has 3 nitrogen and oxygen atoms in total. The van der Waals surface area contributed by atoms with E-state index in [2.05, 4.69) is 0 Å². The van der Waals surface area contributed by atoms with Crippen molar-refractivity contribution in [3.8, 4) is 16.9 Å². The zero-order chi connectivity index (χ0) is 13.3. The van der Waals surface area contributed by atoms with Crippen LogP contribution in [0.2, 0.25) is 10.0 Å². The van der Waals surface area contributed by atoms with Gasteiger partial charge in [0.25, 0.3) is 0 Å². The van der Waals surface area contributed by atoms with Crippen molar-refractivity contribution in [1.29, 1.82) is 0 Å². The van der Waals surface area contributed by atoms with Crippen molar-refractivity contribution in [3.63, 3.8) is 0 Å². The molecule has 0 spiro atoms. The molecule has 0 aromatic heterocycles. The maximum Gasteiger partial charge on any atom is 0.339 e. The van der Waals surface area contributed by atoms with Gasteiger partial charge in [-0.05, 0) is 41.5 Å². The van der Waals surface area contributed by atoms with E-state index in [-0.39, 0.29) is 11.3 Å². The van der Waals surface area contributed by atoms with Gasteiger partial charge < -0.3 is 10.2 Å². The molecule has 92 valence electrons. The van der Waals surface area contributed by atoms with Gasteiger partial charge in [0.15, 0.2) is 0 Å². The SMILES string of the molecule is O=C(O)c1cc(-c2cc(Cl)cc(Cl)c2)ccc1O. The molecule has 0 bridgehead atoms. The summed E-state index contributed by atoms with van der Waals surface area (Å²) in [4.78, 5) is 10.9. The summed E-state index contributed by atoms with van der Waals surface area (Å²) in [6.07, 6.45) is 0. The number of rotatable bonds is 2. The molecule has 0 aliphatic rings. The van der Waals surface area contributed by atoms with Gasteiger partial charge >= 0.3 is 5.97 Å². The highest BCUT2D eigenvalue weighted by molar-refractivity contribution is 6.35. The van der Waals surface area contributed by atoms with Gasteiger partial charge in [0, 0.05) is 10.0 Å². The minimum absolute atomic E-state index is 0.163. The average molecular weight is 283 g/mol. The maximum absolute atomic E-state index is 10.9. The molecule has 2 rings (SSSR count). The fourth-order valence-corrected chi connectivity index (χ4v) is 2.13. The molecular weight excluding hydrogens is 275 g/mol. The highest BCUT2D eigenvalue weighted by Crippen LogP contribution is 2.30. The lowest BCUT2D eigenvalue weighted by Crippen LogP contribution is -1.97. The zero-order valence-electron chi connectivity index (χ0n) is 9.02. The van der Waals surface area contributed by atoms with Crippen LogP contribution < -0.4 is 0 Å². The third kappa shape index (κ3) is 2.58. The molecule has 2 N–H and O–H groups in total. The molecule has 2 aromatic rings. The fraction of sp³-hybridized carbons (Fsp3) is 0. The summed E-state index contributed by atoms with van der Waals surface area (Å²) in [5.74, 6) is -1.47. The molecule has 0 saturated heterocycles. The van der Waals surface area contributed by atoms with Crippen LogP contribution in [-0.2, 0) is 0 Å². The van der Waals surface area contributed by atoms with Crippen molar-refractivity contribution >= 4 is 29.2 Å². The Morgan fingerprint density at radius 3 is 2.11 bits per heavy atom. The molecule has 0 amide bonds. The van der Waals surface area contributed by atoms with Crippen molar-refractivity contribution in [1.82, 2.24) is 0 Å². The van der Waals surface area contributed by atoms with E-state index in [1.54, 1.807) is 24.3 Å². The van der Waals surface area contributed by atoms with Gasteiger partial charge in [0.2, 0.25) is 0 Å². The van der Waals surface area contributed by atoms with Gasteiger partial charge in [0.05, 0.1) is 0 Å². The Morgan fingerprint density at radius 2 is 1.56 bits per heavy atom. The molecule has 0 radical (unpaired) electrons. The lowest BCUT2D eigenvalue weighted by atomic mass is 10.0. The van der Waals surface area contributed by atoms with Gasteiger partial charge in [-0.3, -0.25) is 0 Å². The predicted molar refractivity (Wildman–Crippen MR) is 70.5 cm³/mol. The van der Waals surface area contributed by atoms with Crippen molar-refractivity contribution in [2.45, 2.75) is 0 Å². The molecule has 0 atom stereocenters. The van der Waals surface area contributed by atoms with E-state index in [1.165, 1.54) is 12.1 Å². The quantitative estimate of drug-likeness (QED) is 0.873. The van der Waals surface area contributed by atoms with E-state index in [0.717, 1.165) is 0 Å². The van der Waals surface area contributed by atoms with E-state index in [1.807, 2.05) is 0 Å². The van der Waals surface area contributed by atoms with Crippen LogP contribution in [0.5, 0.6) is 5.75 Å². The van der Waals surface area contributed by atoms with Crippen molar-refractivity contribution in [2.24, 2.45) is 0 Å². The Bertz CT molecular complexity index is 603. The molecular formula is C13H8Cl2O3. The van der Waals surface area contributed by atoms with Crippen molar-refractivity contribution in [2.75, 3.05) is 0 Å². The summed E-state index contributed by atoms with van der Waals surface area (Å²) in [6.45, 7) is 0. The van der Waals surface area contributed by atoms with Crippen LogP contribution in [0.1, 0.15) is 10.4 Å². The van der Waals surface area contributed by atoms with Crippen LogP contribution >= 0.6 is 23.2 Å². The van der Waals surface area contributed by atoms with E-state index in [9.17, 15) is 9.90 Å². The standard InChI is InChI=1S/C13H8Cl2O3/c14-9-3-8(4-10(15)6-9)7-1-2-12(16)11(5-7)13(17)18/h1-6,16H,(H,17,18). The van der Waals surface area contributed by atoms with Gasteiger partial charge in [-0.1, -0.05) is 29.3 Å². The highest BCUT2D eigenvalue weighted by Gasteiger charge is 2.11. The van der Waals surface area contributed by atoms with Crippen molar-refractivity contribution in [3.05, 3.63) is 52.0 Å². The van der Waals surface area contributed by atoms with Gasteiger partial charge in [-0.15, -0.1) is 0 Å². The molecule has 0 aliphatic carbocycles. The normalized spacial score (nSPS) is 10.3. The van der Waals surface area contributed by atoms with Crippen LogP contribution in [0.4, 0.5) is 0 Å². The Morgan fingerprint density at radius 1 is 0.944 bits per heavy atom. The number of carboxylic acid groups (broad SMARTS) is 1. The summed E-state index contributed by atoms with van der Waals surface area (Å²) in [5.41, 5.74) is 1.15. The monoisotopic (exact) mass is 282 g/mol. The largest absolute Gasteiger partial charge is 0.507 e. The number of carbonyl (C=O) groups is 1. The number of hydrogen-bond donors (Lipinski definition) is 2. The van der Waals surface area contributed by atoms with E-state index >= 15 is 0 Å². The summed E-state index contributed by atoms with van der Waals surface area (Å²) >= 11 is 11.8. The molecule has 18 heavy (non-hydrogen) atoms. The third-order valence-corrected chi connectivity index (χ3v) is 2.86. The molecule has 0 fully saturated rings. The Kier molecular flexibility index (Phi) is 3.45. The number of hydrogen-bond acceptors (Lipinski definition) is 2. The molecule has 0 aliphatic heterocycles. The summed E-state index contributed by atoms with van der Waals surface area (Å²) in [5, 5.41) is 19.3. The minimum atomic E-state index is -1.19. The van der Waals surface area contributed by atoms with Crippen LogP contribution in [0.3, 0.4) is 0 Å². The van der Waals surface area contributed by atoms with Crippen LogP contribution in [-0.4, -0.2) is 16.2 Å².